The Kier molecular flexibility index (Phi) is 5.76. The smallest absolute Gasteiger partial charge is 0.394 e. The number of halogens is 3. The molecule has 2 amide bonds. The number of aliphatic carboxylic acids is 1. The maximum absolute atomic E-state index is 12.9. The summed E-state index contributed by atoms with van der Waals surface area (Å²) in [7, 11) is 0. The first-order valence-electron chi connectivity index (χ1n) is 7.70. The number of rotatable bonds is 5. The molecule has 0 aromatic heterocycles. The summed E-state index contributed by atoms with van der Waals surface area (Å²) in [5, 5.41) is 11.4. The van der Waals surface area contributed by atoms with Crippen LogP contribution >= 0.6 is 0 Å². The van der Waals surface area contributed by atoms with Gasteiger partial charge in [0, 0.05) is 13.1 Å². The third-order valence-corrected chi connectivity index (χ3v) is 4.01. The van der Waals surface area contributed by atoms with Crippen LogP contribution in [0.1, 0.15) is 5.56 Å². The Morgan fingerprint density at radius 2 is 1.92 bits per heavy atom. The highest BCUT2D eigenvalue weighted by molar-refractivity contribution is 5.77. The van der Waals surface area contributed by atoms with Gasteiger partial charge in [-0.2, -0.15) is 13.2 Å². The number of benzene rings is 1. The Hall–Kier alpha value is -2.45. The maximum Gasteiger partial charge on any atom is 0.394 e. The van der Waals surface area contributed by atoms with E-state index in [2.05, 4.69) is 5.32 Å². The molecule has 1 heterocycles. The predicted octanol–water partition coefficient (Wildman–Crippen LogP) is 2.28. The molecule has 1 aliphatic heterocycles. The summed E-state index contributed by atoms with van der Waals surface area (Å²) in [4.78, 5) is 23.8. The molecular formula is C16H19F3N2O4. The zero-order valence-corrected chi connectivity index (χ0v) is 13.5. The lowest BCUT2D eigenvalue weighted by atomic mass is 9.96. The van der Waals surface area contributed by atoms with Crippen molar-refractivity contribution >= 4 is 12.0 Å². The van der Waals surface area contributed by atoms with E-state index in [-0.39, 0.29) is 13.2 Å². The molecule has 2 N–H and O–H groups in total. The van der Waals surface area contributed by atoms with Gasteiger partial charge in [-0.25, -0.2) is 4.79 Å². The van der Waals surface area contributed by atoms with Gasteiger partial charge in [0.2, 0.25) is 0 Å². The minimum atomic E-state index is -4.66. The van der Waals surface area contributed by atoms with Crippen LogP contribution in [0.25, 0.3) is 0 Å². The van der Waals surface area contributed by atoms with Gasteiger partial charge >= 0.3 is 18.2 Å². The number of carbonyl (C=O) groups is 2. The van der Waals surface area contributed by atoms with E-state index >= 15 is 0 Å². The Balaban J connectivity index is 1.80. The fraction of sp³-hybridized carbons (Fsp3) is 0.500. The first-order valence-corrected chi connectivity index (χ1v) is 7.70. The lowest BCUT2D eigenvalue weighted by Crippen LogP contribution is -2.41. The van der Waals surface area contributed by atoms with E-state index in [4.69, 9.17) is 9.84 Å². The number of nitrogens with zero attached hydrogens (tertiary/aromatic N) is 1. The molecule has 0 aliphatic carbocycles. The van der Waals surface area contributed by atoms with Crippen LogP contribution in [-0.2, 0) is 4.79 Å². The summed E-state index contributed by atoms with van der Waals surface area (Å²) in [6, 6.07) is 6.53. The minimum Gasteiger partial charge on any atom is -0.492 e. The van der Waals surface area contributed by atoms with Gasteiger partial charge in [-0.1, -0.05) is 17.7 Å². The monoisotopic (exact) mass is 360 g/mol. The zero-order chi connectivity index (χ0) is 18.6. The molecule has 1 saturated heterocycles. The number of urea groups is 1. The highest BCUT2D eigenvalue weighted by Gasteiger charge is 2.53. The molecule has 6 nitrogen and oxygen atoms in total. The molecule has 0 unspecified atom stereocenters. The van der Waals surface area contributed by atoms with Gasteiger partial charge in [-0.05, 0) is 19.1 Å². The normalized spacial score (nSPS) is 20.4. The van der Waals surface area contributed by atoms with Crippen molar-refractivity contribution in [3.63, 3.8) is 0 Å². The largest absolute Gasteiger partial charge is 0.492 e. The van der Waals surface area contributed by atoms with Crippen molar-refractivity contribution in [3.8, 4) is 5.75 Å². The lowest BCUT2D eigenvalue weighted by molar-refractivity contribution is -0.187. The van der Waals surface area contributed by atoms with Gasteiger partial charge in [0.25, 0.3) is 0 Å². The van der Waals surface area contributed by atoms with Crippen molar-refractivity contribution in [2.24, 2.45) is 11.8 Å². The number of alkyl halides is 3. The highest BCUT2D eigenvalue weighted by Crippen LogP contribution is 2.37. The van der Waals surface area contributed by atoms with Crippen LogP contribution in [-0.4, -0.2) is 54.4 Å². The molecule has 0 saturated carbocycles. The number of nitrogens with one attached hydrogen (secondary N) is 1. The second-order valence-electron chi connectivity index (χ2n) is 5.89. The van der Waals surface area contributed by atoms with Crippen molar-refractivity contribution in [1.29, 1.82) is 0 Å². The van der Waals surface area contributed by atoms with Crippen LogP contribution in [0, 0.1) is 18.8 Å². The Labute approximate surface area is 142 Å². The van der Waals surface area contributed by atoms with Crippen LogP contribution in [0.15, 0.2) is 24.3 Å². The van der Waals surface area contributed by atoms with E-state index < -0.39 is 43.1 Å². The number of aryl methyl sites for hydroxylation is 1. The van der Waals surface area contributed by atoms with Gasteiger partial charge < -0.3 is 20.1 Å². The number of carboxylic acid groups (broad SMARTS) is 1. The summed E-state index contributed by atoms with van der Waals surface area (Å²) in [6.07, 6.45) is -4.66. The van der Waals surface area contributed by atoms with E-state index in [1.165, 1.54) is 0 Å². The number of hydrogen-bond acceptors (Lipinski definition) is 3. The number of likely N-dealkylation sites (tertiary alicyclic amines) is 1. The fourth-order valence-corrected chi connectivity index (χ4v) is 2.62. The van der Waals surface area contributed by atoms with E-state index in [0.29, 0.717) is 5.75 Å². The molecule has 1 aliphatic rings. The quantitative estimate of drug-likeness (QED) is 0.790. The molecule has 1 aromatic rings. The van der Waals surface area contributed by atoms with Crippen LogP contribution in [0.2, 0.25) is 0 Å². The second kappa shape index (κ2) is 7.62. The van der Waals surface area contributed by atoms with Crippen molar-refractivity contribution < 1.29 is 32.6 Å². The first kappa shape index (κ1) is 18.9. The van der Waals surface area contributed by atoms with Gasteiger partial charge in [0.1, 0.15) is 12.4 Å². The molecule has 0 spiro atoms. The van der Waals surface area contributed by atoms with Crippen LogP contribution in [0.4, 0.5) is 18.0 Å². The summed E-state index contributed by atoms with van der Waals surface area (Å²) in [6.45, 7) is 1.04. The van der Waals surface area contributed by atoms with Crippen LogP contribution in [0.3, 0.4) is 0 Å². The van der Waals surface area contributed by atoms with Gasteiger partial charge in [0.05, 0.1) is 18.4 Å². The molecule has 138 valence electrons. The van der Waals surface area contributed by atoms with Crippen LogP contribution in [0.5, 0.6) is 5.75 Å². The molecular weight excluding hydrogens is 341 g/mol. The Morgan fingerprint density at radius 1 is 1.28 bits per heavy atom. The number of hydrogen-bond donors (Lipinski definition) is 2. The number of ether oxygens (including phenoxy) is 1. The summed E-state index contributed by atoms with van der Waals surface area (Å²) < 4.78 is 44.1. The Bertz CT molecular complexity index is 619. The minimum absolute atomic E-state index is 0.0949. The third-order valence-electron chi connectivity index (χ3n) is 4.01. The van der Waals surface area contributed by atoms with E-state index in [0.717, 1.165) is 10.5 Å². The molecule has 2 rings (SSSR count). The first-order chi connectivity index (χ1) is 11.7. The van der Waals surface area contributed by atoms with E-state index in [9.17, 15) is 22.8 Å². The SMILES string of the molecule is Cc1ccc(OCCNC(=O)N2C[C@@H](C(F)(F)F)[C@H](C(=O)O)C2)cc1. The second-order valence-corrected chi connectivity index (χ2v) is 5.89. The van der Waals surface area contributed by atoms with Gasteiger partial charge in [-0.3, -0.25) is 4.79 Å². The van der Waals surface area contributed by atoms with E-state index in [1.807, 2.05) is 19.1 Å². The summed E-state index contributed by atoms with van der Waals surface area (Å²) >= 11 is 0. The lowest BCUT2D eigenvalue weighted by Gasteiger charge is -2.18. The molecule has 1 fully saturated rings. The van der Waals surface area contributed by atoms with Crippen molar-refractivity contribution in [3.05, 3.63) is 29.8 Å². The number of carbonyl (C=O) groups excluding carboxylic acids is 1. The maximum atomic E-state index is 12.9. The predicted molar refractivity (Wildman–Crippen MR) is 82.3 cm³/mol. The average Bonchev–Trinajstić information content (AvgIpc) is 2.99. The summed E-state index contributed by atoms with van der Waals surface area (Å²) in [5.74, 6) is -4.64. The van der Waals surface area contributed by atoms with Crippen molar-refractivity contribution in [2.75, 3.05) is 26.2 Å². The molecule has 25 heavy (non-hydrogen) atoms. The molecule has 0 radical (unpaired) electrons. The average molecular weight is 360 g/mol. The van der Waals surface area contributed by atoms with Crippen LogP contribution < -0.4 is 10.1 Å². The molecule has 2 atom stereocenters. The fourth-order valence-electron chi connectivity index (χ4n) is 2.62. The van der Waals surface area contributed by atoms with Gasteiger partial charge in [-0.15, -0.1) is 0 Å². The summed E-state index contributed by atoms with van der Waals surface area (Å²) in [5.41, 5.74) is 1.07. The van der Waals surface area contributed by atoms with Crippen molar-refractivity contribution in [1.82, 2.24) is 10.2 Å². The van der Waals surface area contributed by atoms with E-state index in [1.54, 1.807) is 12.1 Å². The Morgan fingerprint density at radius 3 is 2.44 bits per heavy atom. The van der Waals surface area contributed by atoms with Crippen molar-refractivity contribution in [2.45, 2.75) is 13.1 Å². The highest BCUT2D eigenvalue weighted by atomic mass is 19.4. The molecule has 9 heteroatoms. The molecule has 0 bridgehead atoms. The standard InChI is InChI=1S/C16H19F3N2O4/c1-10-2-4-11(5-3-10)25-7-6-20-15(24)21-8-12(14(22)23)13(9-21)16(17,18)19/h2-5,12-13H,6-9H2,1H3,(H,20,24)(H,22,23)/t12-,13-/m1/s1. The topological polar surface area (TPSA) is 78.9 Å². The third kappa shape index (κ3) is 5.01. The number of amides is 2. The van der Waals surface area contributed by atoms with Gasteiger partial charge in [0.15, 0.2) is 0 Å². The number of carboxylic acids is 1. The zero-order valence-electron chi connectivity index (χ0n) is 13.5. The molecule has 1 aromatic carbocycles.